The number of rotatable bonds is 2. The van der Waals surface area contributed by atoms with Gasteiger partial charge in [-0.25, -0.2) is 0 Å². The van der Waals surface area contributed by atoms with Gasteiger partial charge >= 0.3 is 0 Å². The Morgan fingerprint density at radius 1 is 1.12 bits per heavy atom. The van der Waals surface area contributed by atoms with Crippen LogP contribution in [0.5, 0.6) is 0 Å². The Kier molecular flexibility index (Phi) is 3.16. The monoisotopic (exact) mass is 242 g/mol. The van der Waals surface area contributed by atoms with E-state index in [0.717, 1.165) is 0 Å². The Hall–Kier alpha value is -1.41. The van der Waals surface area contributed by atoms with E-state index in [1.165, 1.54) is 16.0 Å². The molecule has 0 saturated carbocycles. The van der Waals surface area contributed by atoms with Crippen LogP contribution in [0.2, 0.25) is 13.1 Å². The Labute approximate surface area is 104 Å². The van der Waals surface area contributed by atoms with Gasteiger partial charge < -0.3 is 0 Å². The number of benzene rings is 1. The molecule has 0 bridgehead atoms. The Bertz CT molecular complexity index is 495. The normalized spacial score (nSPS) is 18.6. The summed E-state index contributed by atoms with van der Waals surface area (Å²) in [6.45, 7) is 6.89. The standard InChI is InChI=1S/C15H18OSi/c1-12(13-9-10-14(16)11-13)17(2,3)15-7-5-4-6-8-15/h4-10H,11H2,1-3H3/b13-12-. The molecule has 0 saturated heterocycles. The fraction of sp³-hybridized carbons (Fsp3) is 0.267. The summed E-state index contributed by atoms with van der Waals surface area (Å²) in [5, 5.41) is 2.85. The number of hydrogen-bond donors (Lipinski definition) is 0. The Morgan fingerprint density at radius 2 is 1.76 bits per heavy atom. The van der Waals surface area contributed by atoms with E-state index >= 15 is 0 Å². The topological polar surface area (TPSA) is 17.1 Å². The third-order valence-corrected chi connectivity index (χ3v) is 7.72. The summed E-state index contributed by atoms with van der Waals surface area (Å²) < 4.78 is 0. The lowest BCUT2D eigenvalue weighted by molar-refractivity contribution is -0.113. The molecule has 1 aliphatic carbocycles. The van der Waals surface area contributed by atoms with Gasteiger partial charge in [-0.2, -0.15) is 0 Å². The average Bonchev–Trinajstić information content (AvgIpc) is 2.76. The molecule has 0 aromatic heterocycles. The number of carbonyl (C=O) groups excluding carboxylic acids is 1. The van der Waals surface area contributed by atoms with Crippen molar-refractivity contribution < 1.29 is 4.79 Å². The molecule has 1 aliphatic rings. The highest BCUT2D eigenvalue weighted by molar-refractivity contribution is 6.95. The van der Waals surface area contributed by atoms with Crippen LogP contribution < -0.4 is 5.19 Å². The second-order valence-electron chi connectivity index (χ2n) is 5.12. The van der Waals surface area contributed by atoms with Gasteiger partial charge in [-0.1, -0.05) is 59.9 Å². The first kappa shape index (κ1) is 12.1. The molecule has 17 heavy (non-hydrogen) atoms. The molecule has 2 rings (SSSR count). The van der Waals surface area contributed by atoms with E-state index in [0.29, 0.717) is 6.42 Å². The van der Waals surface area contributed by atoms with Crippen LogP contribution in [0.25, 0.3) is 0 Å². The highest BCUT2D eigenvalue weighted by Crippen LogP contribution is 2.24. The maximum atomic E-state index is 11.3. The van der Waals surface area contributed by atoms with Crippen LogP contribution in [-0.4, -0.2) is 13.9 Å². The van der Waals surface area contributed by atoms with Crippen LogP contribution in [0.3, 0.4) is 0 Å². The molecule has 0 N–H and O–H groups in total. The molecule has 88 valence electrons. The minimum Gasteiger partial charge on any atom is -0.294 e. The zero-order chi connectivity index (χ0) is 12.5. The van der Waals surface area contributed by atoms with Gasteiger partial charge in [0.2, 0.25) is 0 Å². The fourth-order valence-corrected chi connectivity index (χ4v) is 4.66. The highest BCUT2D eigenvalue weighted by Gasteiger charge is 2.28. The number of hydrogen-bond acceptors (Lipinski definition) is 1. The van der Waals surface area contributed by atoms with Gasteiger partial charge in [0.05, 0.1) is 0 Å². The third-order valence-electron chi connectivity index (χ3n) is 3.75. The highest BCUT2D eigenvalue weighted by atomic mass is 28.3. The van der Waals surface area contributed by atoms with E-state index in [4.69, 9.17) is 0 Å². The molecule has 1 nitrogen and oxygen atoms in total. The van der Waals surface area contributed by atoms with E-state index in [9.17, 15) is 4.79 Å². The molecule has 0 aliphatic heterocycles. The summed E-state index contributed by atoms with van der Waals surface area (Å²) in [5.41, 5.74) is 1.23. The van der Waals surface area contributed by atoms with Crippen molar-refractivity contribution in [1.29, 1.82) is 0 Å². The minimum atomic E-state index is -1.60. The molecule has 0 amide bonds. The SMILES string of the molecule is C/C(=C1\C=CC(=O)C1)[Si](C)(C)c1ccccc1. The molecule has 1 aromatic rings. The summed E-state index contributed by atoms with van der Waals surface area (Å²) >= 11 is 0. The zero-order valence-electron chi connectivity index (χ0n) is 10.7. The maximum absolute atomic E-state index is 11.3. The molecule has 2 heteroatoms. The largest absolute Gasteiger partial charge is 0.294 e. The van der Waals surface area contributed by atoms with Gasteiger partial charge in [0.1, 0.15) is 8.07 Å². The first-order chi connectivity index (χ1) is 8.01. The van der Waals surface area contributed by atoms with Gasteiger partial charge in [0, 0.05) is 6.42 Å². The van der Waals surface area contributed by atoms with Gasteiger partial charge in [-0.3, -0.25) is 4.79 Å². The second-order valence-corrected chi connectivity index (χ2v) is 9.70. The molecule has 0 heterocycles. The molecule has 0 spiro atoms. The summed E-state index contributed by atoms with van der Waals surface area (Å²) in [6.07, 6.45) is 4.29. The minimum absolute atomic E-state index is 0.234. The van der Waals surface area contributed by atoms with Crippen LogP contribution in [0.4, 0.5) is 0 Å². The number of ketones is 1. The van der Waals surface area contributed by atoms with Gasteiger partial charge in [0.25, 0.3) is 0 Å². The van der Waals surface area contributed by atoms with E-state index in [1.807, 2.05) is 6.08 Å². The van der Waals surface area contributed by atoms with Crippen molar-refractivity contribution in [2.45, 2.75) is 26.4 Å². The van der Waals surface area contributed by atoms with E-state index in [2.05, 4.69) is 50.3 Å². The van der Waals surface area contributed by atoms with Crippen molar-refractivity contribution in [2.75, 3.05) is 0 Å². The van der Waals surface area contributed by atoms with Crippen molar-refractivity contribution in [2.24, 2.45) is 0 Å². The van der Waals surface area contributed by atoms with Gasteiger partial charge in [-0.05, 0) is 18.6 Å². The van der Waals surface area contributed by atoms with E-state index < -0.39 is 8.07 Å². The lowest BCUT2D eigenvalue weighted by Crippen LogP contribution is -2.43. The lowest BCUT2D eigenvalue weighted by atomic mass is 10.2. The molecular formula is C15H18OSi. The quantitative estimate of drug-likeness (QED) is 0.729. The predicted molar refractivity (Wildman–Crippen MR) is 75.0 cm³/mol. The Balaban J connectivity index is 2.40. The smallest absolute Gasteiger partial charge is 0.160 e. The molecule has 0 radical (unpaired) electrons. The van der Waals surface area contributed by atoms with Crippen LogP contribution in [-0.2, 0) is 4.79 Å². The van der Waals surface area contributed by atoms with Crippen molar-refractivity contribution >= 4 is 19.0 Å². The average molecular weight is 242 g/mol. The van der Waals surface area contributed by atoms with Crippen molar-refractivity contribution in [1.82, 2.24) is 0 Å². The summed E-state index contributed by atoms with van der Waals surface area (Å²) in [6, 6.07) is 10.7. The summed E-state index contributed by atoms with van der Waals surface area (Å²) in [4.78, 5) is 11.3. The fourth-order valence-electron chi connectivity index (χ4n) is 2.23. The molecule has 0 fully saturated rings. The lowest BCUT2D eigenvalue weighted by Gasteiger charge is -2.25. The molecular weight excluding hydrogens is 224 g/mol. The van der Waals surface area contributed by atoms with Crippen molar-refractivity contribution in [3.05, 3.63) is 53.3 Å². The van der Waals surface area contributed by atoms with Gasteiger partial charge in [-0.15, -0.1) is 0 Å². The predicted octanol–water partition coefficient (Wildman–Crippen LogP) is 2.99. The van der Waals surface area contributed by atoms with Crippen LogP contribution in [0.15, 0.2) is 53.3 Å². The summed E-state index contributed by atoms with van der Waals surface area (Å²) in [7, 11) is -1.60. The first-order valence-corrected chi connectivity index (χ1v) is 8.98. The molecule has 0 unspecified atom stereocenters. The van der Waals surface area contributed by atoms with Crippen LogP contribution in [0, 0.1) is 0 Å². The number of carbonyl (C=O) groups is 1. The van der Waals surface area contributed by atoms with Crippen molar-refractivity contribution in [3.8, 4) is 0 Å². The maximum Gasteiger partial charge on any atom is 0.160 e. The van der Waals surface area contributed by atoms with Crippen LogP contribution in [0.1, 0.15) is 13.3 Å². The zero-order valence-corrected chi connectivity index (χ0v) is 11.7. The Morgan fingerprint density at radius 3 is 2.29 bits per heavy atom. The number of allylic oxidation sites excluding steroid dienone is 4. The third kappa shape index (κ3) is 2.32. The first-order valence-electron chi connectivity index (χ1n) is 5.98. The molecule has 0 atom stereocenters. The van der Waals surface area contributed by atoms with Gasteiger partial charge in [0.15, 0.2) is 5.78 Å². The second kappa shape index (κ2) is 4.45. The van der Waals surface area contributed by atoms with Crippen molar-refractivity contribution in [3.63, 3.8) is 0 Å². The van der Waals surface area contributed by atoms with E-state index in [1.54, 1.807) is 6.08 Å². The molecule has 1 aromatic carbocycles. The van der Waals surface area contributed by atoms with E-state index in [-0.39, 0.29) is 5.78 Å². The van der Waals surface area contributed by atoms with Crippen LogP contribution >= 0.6 is 0 Å². The summed E-state index contributed by atoms with van der Waals surface area (Å²) in [5.74, 6) is 0.234.